The van der Waals surface area contributed by atoms with Gasteiger partial charge in [-0.15, -0.1) is 0 Å². The van der Waals surface area contributed by atoms with Crippen LogP contribution in [0.2, 0.25) is 0 Å². The molecule has 2 aromatic carbocycles. The first kappa shape index (κ1) is 14.6. The number of hydrogen-bond donors (Lipinski definition) is 0. The summed E-state index contributed by atoms with van der Waals surface area (Å²) >= 11 is 0. The lowest BCUT2D eigenvalue weighted by Crippen LogP contribution is -2.28. The van der Waals surface area contributed by atoms with Crippen molar-refractivity contribution in [3.8, 4) is 5.75 Å². The van der Waals surface area contributed by atoms with Crippen molar-refractivity contribution in [2.75, 3.05) is 0 Å². The summed E-state index contributed by atoms with van der Waals surface area (Å²) in [6, 6.07) is 9.59. The van der Waals surface area contributed by atoms with Gasteiger partial charge in [0.2, 0.25) is 0 Å². The Morgan fingerprint density at radius 1 is 1.15 bits per heavy atom. The Kier molecular flexibility index (Phi) is 3.64. The van der Waals surface area contributed by atoms with Crippen LogP contribution in [0.3, 0.4) is 0 Å². The van der Waals surface area contributed by atoms with Crippen molar-refractivity contribution in [1.82, 2.24) is 0 Å². The lowest BCUT2D eigenvalue weighted by atomic mass is 10.0. The molecule has 2 rings (SSSR count). The number of fused-ring (bicyclic) bond motifs is 1. The predicted molar refractivity (Wildman–Crippen MR) is 68.9 cm³/mol. The van der Waals surface area contributed by atoms with E-state index in [0.717, 1.165) is 0 Å². The van der Waals surface area contributed by atoms with E-state index in [0.29, 0.717) is 22.8 Å². The molecule has 0 aliphatic heterocycles. The van der Waals surface area contributed by atoms with Gasteiger partial charge < -0.3 is 4.18 Å². The van der Waals surface area contributed by atoms with Gasteiger partial charge in [0, 0.05) is 5.39 Å². The van der Waals surface area contributed by atoms with Crippen LogP contribution in [0, 0.1) is 0 Å². The fourth-order valence-electron chi connectivity index (χ4n) is 1.77. The first-order valence-electron chi connectivity index (χ1n) is 5.77. The minimum absolute atomic E-state index is 0.308. The van der Waals surface area contributed by atoms with Crippen molar-refractivity contribution in [2.24, 2.45) is 0 Å². The number of halogens is 3. The smallest absolute Gasteiger partial charge is 0.375 e. The highest BCUT2D eigenvalue weighted by atomic mass is 32.2. The Balaban J connectivity index is 2.59. The number of hydrogen-bond acceptors (Lipinski definition) is 3. The molecule has 7 heteroatoms. The van der Waals surface area contributed by atoms with Gasteiger partial charge >= 0.3 is 15.6 Å². The molecule has 0 spiro atoms. The highest BCUT2D eigenvalue weighted by molar-refractivity contribution is 7.88. The molecular formula is C13H11F3O3S. The van der Waals surface area contributed by atoms with Crippen LogP contribution < -0.4 is 4.18 Å². The summed E-state index contributed by atoms with van der Waals surface area (Å²) in [6.07, 6.45) is 0.549. The molecule has 0 N–H and O–H groups in total. The molecule has 0 fully saturated rings. The van der Waals surface area contributed by atoms with Gasteiger partial charge in [-0.05, 0) is 23.4 Å². The Morgan fingerprint density at radius 2 is 1.80 bits per heavy atom. The molecule has 0 saturated heterocycles. The normalized spacial score (nSPS) is 12.6. The summed E-state index contributed by atoms with van der Waals surface area (Å²) in [5.41, 5.74) is -4.76. The van der Waals surface area contributed by atoms with Crippen LogP contribution in [0.15, 0.2) is 36.4 Å². The molecule has 0 aliphatic carbocycles. The Labute approximate surface area is 114 Å². The van der Waals surface area contributed by atoms with Crippen LogP contribution in [-0.2, 0) is 16.5 Å². The molecule has 108 valence electrons. The molecule has 0 aromatic heterocycles. The van der Waals surface area contributed by atoms with Gasteiger partial charge in [-0.25, -0.2) is 0 Å². The van der Waals surface area contributed by atoms with Crippen molar-refractivity contribution < 1.29 is 25.8 Å². The van der Waals surface area contributed by atoms with E-state index in [1.165, 1.54) is 12.1 Å². The second-order valence-corrected chi connectivity index (χ2v) is 5.69. The Hall–Kier alpha value is -1.76. The average Bonchev–Trinajstić information content (AvgIpc) is 2.36. The second-order valence-electron chi connectivity index (χ2n) is 4.15. The zero-order chi connectivity index (χ0) is 15.0. The van der Waals surface area contributed by atoms with E-state index < -0.39 is 15.6 Å². The van der Waals surface area contributed by atoms with Gasteiger partial charge in [0.05, 0.1) is 0 Å². The van der Waals surface area contributed by atoms with Crippen molar-refractivity contribution in [2.45, 2.75) is 18.9 Å². The zero-order valence-corrected chi connectivity index (χ0v) is 11.3. The van der Waals surface area contributed by atoms with Gasteiger partial charge in [0.1, 0.15) is 0 Å². The van der Waals surface area contributed by atoms with Crippen LogP contribution in [0.5, 0.6) is 5.75 Å². The van der Waals surface area contributed by atoms with Crippen LogP contribution in [-0.4, -0.2) is 13.9 Å². The van der Waals surface area contributed by atoms with Crippen molar-refractivity contribution in [3.63, 3.8) is 0 Å². The van der Waals surface area contributed by atoms with E-state index in [9.17, 15) is 21.6 Å². The maximum atomic E-state index is 12.4. The third-order valence-corrected chi connectivity index (χ3v) is 3.74. The van der Waals surface area contributed by atoms with Crippen molar-refractivity contribution >= 4 is 20.9 Å². The van der Waals surface area contributed by atoms with Crippen molar-refractivity contribution in [1.29, 1.82) is 0 Å². The van der Waals surface area contributed by atoms with E-state index in [2.05, 4.69) is 4.18 Å². The minimum Gasteiger partial charge on any atom is -0.375 e. The number of benzene rings is 2. The molecule has 2 aromatic rings. The van der Waals surface area contributed by atoms with Gasteiger partial charge in [-0.2, -0.15) is 21.6 Å². The monoisotopic (exact) mass is 304 g/mol. The molecule has 0 bridgehead atoms. The molecule has 0 saturated carbocycles. The van der Waals surface area contributed by atoms with E-state index in [1.54, 1.807) is 24.3 Å². The third kappa shape index (κ3) is 2.72. The highest BCUT2D eigenvalue weighted by Gasteiger charge is 2.48. The van der Waals surface area contributed by atoms with Crippen LogP contribution in [0.1, 0.15) is 12.5 Å². The molecule has 3 nitrogen and oxygen atoms in total. The molecular weight excluding hydrogens is 293 g/mol. The third-order valence-electron chi connectivity index (χ3n) is 2.77. The lowest BCUT2D eigenvalue weighted by molar-refractivity contribution is -0.0499. The summed E-state index contributed by atoms with van der Waals surface area (Å²) in [4.78, 5) is 0. The Bertz CT molecular complexity index is 736. The molecule has 0 amide bonds. The van der Waals surface area contributed by atoms with Gasteiger partial charge in [-0.3, -0.25) is 0 Å². The maximum absolute atomic E-state index is 12.4. The van der Waals surface area contributed by atoms with Gasteiger partial charge in [0.15, 0.2) is 5.75 Å². The lowest BCUT2D eigenvalue weighted by Gasteiger charge is -2.12. The summed E-state index contributed by atoms with van der Waals surface area (Å²) in [6.45, 7) is 1.81. The number of alkyl halides is 3. The van der Waals surface area contributed by atoms with Crippen LogP contribution >= 0.6 is 0 Å². The maximum Gasteiger partial charge on any atom is 0.534 e. The van der Waals surface area contributed by atoms with Gasteiger partial charge in [-0.1, -0.05) is 37.3 Å². The SMILES string of the molecule is CCc1cc(OS(=O)(=O)C(F)(F)F)c2ccccc2c1. The Morgan fingerprint density at radius 3 is 2.40 bits per heavy atom. The van der Waals surface area contributed by atoms with Crippen LogP contribution in [0.4, 0.5) is 13.2 Å². The van der Waals surface area contributed by atoms with E-state index >= 15 is 0 Å². The fraction of sp³-hybridized carbons (Fsp3) is 0.231. The zero-order valence-electron chi connectivity index (χ0n) is 10.4. The van der Waals surface area contributed by atoms with E-state index in [4.69, 9.17) is 0 Å². The second kappa shape index (κ2) is 4.97. The van der Waals surface area contributed by atoms with Crippen LogP contribution in [0.25, 0.3) is 10.8 Å². The molecule has 20 heavy (non-hydrogen) atoms. The van der Waals surface area contributed by atoms with E-state index in [-0.39, 0.29) is 5.75 Å². The summed E-state index contributed by atoms with van der Waals surface area (Å²) in [5.74, 6) is -0.308. The average molecular weight is 304 g/mol. The highest BCUT2D eigenvalue weighted by Crippen LogP contribution is 2.33. The number of rotatable bonds is 3. The van der Waals surface area contributed by atoms with Gasteiger partial charge in [0.25, 0.3) is 0 Å². The molecule has 0 radical (unpaired) electrons. The minimum atomic E-state index is -5.67. The standard InChI is InChI=1S/C13H11F3O3S/c1-2-9-7-10-5-3-4-6-11(10)12(8-9)19-20(17,18)13(14,15)16/h3-8H,2H2,1H3. The molecule has 0 heterocycles. The van der Waals surface area contributed by atoms with Crippen molar-refractivity contribution in [3.05, 3.63) is 42.0 Å². The largest absolute Gasteiger partial charge is 0.534 e. The summed E-state index contributed by atoms with van der Waals surface area (Å²) < 4.78 is 63.7. The molecule has 0 aliphatic rings. The first-order chi connectivity index (χ1) is 9.24. The quantitative estimate of drug-likeness (QED) is 0.642. The van der Waals surface area contributed by atoms with E-state index in [1.807, 2.05) is 6.92 Å². The summed E-state index contributed by atoms with van der Waals surface area (Å²) in [7, 11) is -5.67. The number of aryl methyl sites for hydroxylation is 1. The fourth-order valence-corrected chi connectivity index (χ4v) is 2.24. The molecule has 0 atom stereocenters. The predicted octanol–water partition coefficient (Wildman–Crippen LogP) is 3.63. The summed E-state index contributed by atoms with van der Waals surface area (Å²) in [5, 5.41) is 0.941. The topological polar surface area (TPSA) is 43.4 Å². The molecule has 0 unspecified atom stereocenters. The first-order valence-corrected chi connectivity index (χ1v) is 7.18.